The molecule has 0 aliphatic carbocycles. The molecular formula is C17H16N6O2. The van der Waals surface area contributed by atoms with E-state index >= 15 is 0 Å². The number of hydrogen-bond acceptors (Lipinski definition) is 6. The maximum Gasteiger partial charge on any atom is 0.276 e. The molecule has 25 heavy (non-hydrogen) atoms. The third-order valence-electron chi connectivity index (χ3n) is 3.97. The largest absolute Gasteiger partial charge is 0.472 e. The summed E-state index contributed by atoms with van der Waals surface area (Å²) in [7, 11) is 0. The molecule has 8 nitrogen and oxygen atoms in total. The Labute approximate surface area is 144 Å². The molecule has 0 saturated carbocycles. The SMILES string of the molecule is O=C(c1cnn(-c2ccccc2)n1)N1CC[C@@H](Oc2ccncn2)C1. The van der Waals surface area contributed by atoms with Crippen LogP contribution in [0.15, 0.2) is 55.1 Å². The van der Waals surface area contributed by atoms with Crippen LogP contribution in [0.2, 0.25) is 0 Å². The molecular weight excluding hydrogens is 320 g/mol. The minimum Gasteiger partial charge on any atom is -0.472 e. The van der Waals surface area contributed by atoms with Gasteiger partial charge in [-0.25, -0.2) is 9.97 Å². The van der Waals surface area contributed by atoms with Gasteiger partial charge < -0.3 is 9.64 Å². The first kappa shape index (κ1) is 15.3. The van der Waals surface area contributed by atoms with E-state index in [0.717, 1.165) is 12.1 Å². The zero-order valence-corrected chi connectivity index (χ0v) is 13.4. The first-order valence-corrected chi connectivity index (χ1v) is 7.99. The quantitative estimate of drug-likeness (QED) is 0.715. The van der Waals surface area contributed by atoms with Crippen LogP contribution in [0, 0.1) is 0 Å². The van der Waals surface area contributed by atoms with Gasteiger partial charge in [0.1, 0.15) is 12.4 Å². The van der Waals surface area contributed by atoms with Crippen LogP contribution in [-0.2, 0) is 0 Å². The molecule has 0 unspecified atom stereocenters. The second-order valence-corrected chi connectivity index (χ2v) is 5.68. The molecule has 2 aromatic heterocycles. The summed E-state index contributed by atoms with van der Waals surface area (Å²) in [5, 5.41) is 8.46. The maximum absolute atomic E-state index is 12.6. The molecule has 0 bridgehead atoms. The second kappa shape index (κ2) is 6.68. The van der Waals surface area contributed by atoms with E-state index in [2.05, 4.69) is 20.2 Å². The van der Waals surface area contributed by atoms with Gasteiger partial charge >= 0.3 is 0 Å². The Morgan fingerprint density at radius 1 is 1.20 bits per heavy atom. The van der Waals surface area contributed by atoms with E-state index < -0.39 is 0 Å². The molecule has 1 fully saturated rings. The van der Waals surface area contributed by atoms with Crippen LogP contribution in [0.4, 0.5) is 0 Å². The number of amides is 1. The van der Waals surface area contributed by atoms with E-state index in [4.69, 9.17) is 4.74 Å². The molecule has 1 atom stereocenters. The molecule has 1 aliphatic heterocycles. The summed E-state index contributed by atoms with van der Waals surface area (Å²) in [5.41, 5.74) is 1.14. The van der Waals surface area contributed by atoms with Gasteiger partial charge in [0.05, 0.1) is 18.4 Å². The maximum atomic E-state index is 12.6. The fourth-order valence-corrected chi connectivity index (χ4v) is 2.74. The summed E-state index contributed by atoms with van der Waals surface area (Å²) in [5.74, 6) is 0.375. The lowest BCUT2D eigenvalue weighted by atomic mass is 10.3. The second-order valence-electron chi connectivity index (χ2n) is 5.68. The van der Waals surface area contributed by atoms with Gasteiger partial charge in [-0.1, -0.05) is 18.2 Å². The minimum absolute atomic E-state index is 0.0805. The van der Waals surface area contributed by atoms with Gasteiger partial charge in [0.25, 0.3) is 5.91 Å². The third-order valence-corrected chi connectivity index (χ3v) is 3.97. The summed E-state index contributed by atoms with van der Waals surface area (Å²) < 4.78 is 5.78. The number of benzene rings is 1. The molecule has 1 saturated heterocycles. The number of carbonyl (C=O) groups is 1. The van der Waals surface area contributed by atoms with Gasteiger partial charge in [-0.3, -0.25) is 4.79 Å². The molecule has 1 aromatic carbocycles. The molecule has 3 heterocycles. The predicted octanol–water partition coefficient (Wildman–Crippen LogP) is 1.35. The van der Waals surface area contributed by atoms with E-state index in [1.54, 1.807) is 17.2 Å². The molecule has 0 N–H and O–H groups in total. The highest BCUT2D eigenvalue weighted by Gasteiger charge is 2.30. The average Bonchev–Trinajstić information content (AvgIpc) is 3.33. The molecule has 0 spiro atoms. The van der Waals surface area contributed by atoms with E-state index in [1.165, 1.54) is 17.3 Å². The third kappa shape index (κ3) is 3.32. The van der Waals surface area contributed by atoms with E-state index in [-0.39, 0.29) is 12.0 Å². The molecule has 3 aromatic rings. The Balaban J connectivity index is 1.41. The smallest absolute Gasteiger partial charge is 0.276 e. The van der Waals surface area contributed by atoms with Crippen molar-refractivity contribution in [1.82, 2.24) is 29.9 Å². The number of rotatable bonds is 4. The van der Waals surface area contributed by atoms with Gasteiger partial charge in [0.2, 0.25) is 5.88 Å². The summed E-state index contributed by atoms with van der Waals surface area (Å²) in [4.78, 5) is 23.7. The summed E-state index contributed by atoms with van der Waals surface area (Å²) in [6, 6.07) is 11.2. The number of likely N-dealkylation sites (tertiary alicyclic amines) is 1. The van der Waals surface area contributed by atoms with Crippen molar-refractivity contribution in [1.29, 1.82) is 0 Å². The van der Waals surface area contributed by atoms with Crippen LogP contribution >= 0.6 is 0 Å². The normalized spacial score (nSPS) is 16.8. The Morgan fingerprint density at radius 2 is 2.08 bits per heavy atom. The van der Waals surface area contributed by atoms with Crippen molar-refractivity contribution < 1.29 is 9.53 Å². The zero-order chi connectivity index (χ0) is 17.1. The molecule has 0 radical (unpaired) electrons. The van der Waals surface area contributed by atoms with Gasteiger partial charge in [0, 0.05) is 25.2 Å². The Morgan fingerprint density at radius 3 is 2.88 bits per heavy atom. The van der Waals surface area contributed by atoms with Crippen molar-refractivity contribution in [2.24, 2.45) is 0 Å². The molecule has 4 rings (SSSR count). The van der Waals surface area contributed by atoms with Crippen LogP contribution in [0.1, 0.15) is 16.9 Å². The van der Waals surface area contributed by atoms with Gasteiger partial charge in [-0.2, -0.15) is 9.90 Å². The highest BCUT2D eigenvalue weighted by atomic mass is 16.5. The first-order chi connectivity index (χ1) is 12.3. The van der Waals surface area contributed by atoms with Crippen LogP contribution in [-0.4, -0.2) is 55.0 Å². The molecule has 1 amide bonds. The van der Waals surface area contributed by atoms with Crippen molar-refractivity contribution >= 4 is 5.91 Å². The van der Waals surface area contributed by atoms with E-state index in [9.17, 15) is 4.79 Å². The number of nitrogens with zero attached hydrogens (tertiary/aromatic N) is 6. The van der Waals surface area contributed by atoms with Gasteiger partial charge in [0.15, 0.2) is 5.69 Å². The first-order valence-electron chi connectivity index (χ1n) is 7.99. The Bertz CT molecular complexity index is 852. The number of carbonyl (C=O) groups excluding carboxylic acids is 1. The number of para-hydroxylation sites is 1. The summed E-state index contributed by atoms with van der Waals surface area (Å²) >= 11 is 0. The monoisotopic (exact) mass is 336 g/mol. The number of hydrogen-bond donors (Lipinski definition) is 0. The minimum atomic E-state index is -0.143. The van der Waals surface area contributed by atoms with Crippen molar-refractivity contribution in [3.8, 4) is 11.6 Å². The average molecular weight is 336 g/mol. The van der Waals surface area contributed by atoms with Crippen LogP contribution in [0.5, 0.6) is 5.88 Å². The highest BCUT2D eigenvalue weighted by Crippen LogP contribution is 2.17. The number of aromatic nitrogens is 5. The lowest BCUT2D eigenvalue weighted by Crippen LogP contribution is -2.31. The lowest BCUT2D eigenvalue weighted by Gasteiger charge is -2.15. The molecule has 1 aliphatic rings. The van der Waals surface area contributed by atoms with E-state index in [0.29, 0.717) is 24.7 Å². The van der Waals surface area contributed by atoms with Crippen LogP contribution in [0.25, 0.3) is 5.69 Å². The van der Waals surface area contributed by atoms with Crippen molar-refractivity contribution in [2.45, 2.75) is 12.5 Å². The number of ether oxygens (including phenoxy) is 1. The topological polar surface area (TPSA) is 86.0 Å². The predicted molar refractivity (Wildman–Crippen MR) is 88.3 cm³/mol. The molecule has 8 heteroatoms. The fraction of sp³-hybridized carbons (Fsp3) is 0.235. The highest BCUT2D eigenvalue weighted by molar-refractivity contribution is 5.92. The Kier molecular flexibility index (Phi) is 4.07. The lowest BCUT2D eigenvalue weighted by molar-refractivity contribution is 0.0765. The van der Waals surface area contributed by atoms with Gasteiger partial charge in [-0.15, -0.1) is 5.10 Å². The van der Waals surface area contributed by atoms with Crippen molar-refractivity contribution in [2.75, 3.05) is 13.1 Å². The fourth-order valence-electron chi connectivity index (χ4n) is 2.74. The van der Waals surface area contributed by atoms with Crippen LogP contribution in [0.3, 0.4) is 0 Å². The Hall–Kier alpha value is -3.29. The molecule has 126 valence electrons. The zero-order valence-electron chi connectivity index (χ0n) is 13.4. The van der Waals surface area contributed by atoms with Gasteiger partial charge in [-0.05, 0) is 12.1 Å². The standard InChI is InChI=1S/C17H16N6O2/c24-17(15-10-20-23(21-15)13-4-2-1-3-5-13)22-9-7-14(11-22)25-16-6-8-18-12-19-16/h1-6,8,10,12,14H,7,9,11H2/t14-/m1/s1. The van der Waals surface area contributed by atoms with Crippen molar-refractivity contribution in [3.05, 3.63) is 60.8 Å². The van der Waals surface area contributed by atoms with Crippen LogP contribution < -0.4 is 4.74 Å². The summed E-state index contributed by atoms with van der Waals surface area (Å²) in [6.07, 6.45) is 5.23. The van der Waals surface area contributed by atoms with E-state index in [1.807, 2.05) is 30.3 Å². The van der Waals surface area contributed by atoms with Crippen molar-refractivity contribution in [3.63, 3.8) is 0 Å². The summed E-state index contributed by atoms with van der Waals surface area (Å²) in [6.45, 7) is 1.12.